The molecule has 2 saturated carbocycles. The van der Waals surface area contributed by atoms with Crippen LogP contribution in [0.3, 0.4) is 0 Å². The van der Waals surface area contributed by atoms with Gasteiger partial charge < -0.3 is 4.74 Å². The number of carbonyl (C=O) groups is 1. The second kappa shape index (κ2) is 6.06. The fourth-order valence-electron chi connectivity index (χ4n) is 5.83. The SMILES string of the molecule is O=C(CF)OC1CCC2C1=CC=C1C3=CC4CNNC4CC3CCC12. The zero-order valence-corrected chi connectivity index (χ0v) is 14.3. The van der Waals surface area contributed by atoms with Crippen molar-refractivity contribution in [3.05, 3.63) is 34.9 Å². The molecule has 5 aliphatic rings. The molecule has 0 aromatic heterocycles. The molecule has 4 nitrogen and oxygen atoms in total. The van der Waals surface area contributed by atoms with E-state index in [0.717, 1.165) is 19.4 Å². The molecule has 5 rings (SSSR count). The molecule has 134 valence electrons. The van der Waals surface area contributed by atoms with Crippen molar-refractivity contribution in [2.75, 3.05) is 13.2 Å². The van der Waals surface area contributed by atoms with Gasteiger partial charge in [-0.1, -0.05) is 18.2 Å². The van der Waals surface area contributed by atoms with E-state index in [1.54, 1.807) is 5.57 Å². The molecule has 6 atom stereocenters. The van der Waals surface area contributed by atoms with Crippen LogP contribution in [0, 0.1) is 23.7 Å². The van der Waals surface area contributed by atoms with E-state index in [4.69, 9.17) is 4.74 Å². The quantitative estimate of drug-likeness (QED) is 0.756. The highest BCUT2D eigenvalue weighted by Gasteiger charge is 2.45. The van der Waals surface area contributed by atoms with Crippen LogP contribution in [0.5, 0.6) is 0 Å². The van der Waals surface area contributed by atoms with Crippen LogP contribution in [0.25, 0.3) is 0 Å². The van der Waals surface area contributed by atoms with Crippen LogP contribution in [0.15, 0.2) is 34.9 Å². The van der Waals surface area contributed by atoms with Crippen LogP contribution >= 0.6 is 0 Å². The molecule has 0 aromatic rings. The van der Waals surface area contributed by atoms with Gasteiger partial charge in [0.1, 0.15) is 6.10 Å². The van der Waals surface area contributed by atoms with Crippen molar-refractivity contribution in [1.29, 1.82) is 0 Å². The van der Waals surface area contributed by atoms with Gasteiger partial charge in [0.2, 0.25) is 0 Å². The summed E-state index contributed by atoms with van der Waals surface area (Å²) in [6, 6.07) is 0.580. The number of fused-ring (bicyclic) bond motifs is 6. The minimum atomic E-state index is -1.03. The molecule has 0 bridgehead atoms. The van der Waals surface area contributed by atoms with Crippen LogP contribution in [-0.2, 0) is 9.53 Å². The second-order valence-corrected chi connectivity index (χ2v) is 8.12. The lowest BCUT2D eigenvalue weighted by Crippen LogP contribution is -2.39. The van der Waals surface area contributed by atoms with Gasteiger partial charge in [-0.3, -0.25) is 10.9 Å². The maximum absolute atomic E-state index is 12.5. The maximum atomic E-state index is 12.5. The first-order valence-electron chi connectivity index (χ1n) is 9.62. The van der Waals surface area contributed by atoms with Crippen molar-refractivity contribution in [2.24, 2.45) is 23.7 Å². The summed E-state index contributed by atoms with van der Waals surface area (Å²) in [4.78, 5) is 11.4. The maximum Gasteiger partial charge on any atom is 0.338 e. The first kappa shape index (κ1) is 15.8. The monoisotopic (exact) mass is 344 g/mol. The molecule has 5 heteroatoms. The largest absolute Gasteiger partial charge is 0.456 e. The normalized spacial score (nSPS) is 41.6. The van der Waals surface area contributed by atoms with Crippen LogP contribution in [-0.4, -0.2) is 31.3 Å². The zero-order valence-electron chi connectivity index (χ0n) is 14.3. The standard InChI is InChI=1S/C20H25FN2O2/c21-9-20(24)25-19-6-5-14-13-2-1-11-8-18-12(10-22-23-18)7-17(11)15(13)3-4-16(14)19/h3-4,7,11-14,18-19,22-23H,1-2,5-6,8-10H2. The number of hydrogen-bond donors (Lipinski definition) is 2. The van der Waals surface area contributed by atoms with Crippen LogP contribution < -0.4 is 10.9 Å². The van der Waals surface area contributed by atoms with Crippen molar-refractivity contribution in [3.63, 3.8) is 0 Å². The highest BCUT2D eigenvalue weighted by Crippen LogP contribution is 2.53. The second-order valence-electron chi connectivity index (χ2n) is 8.12. The third-order valence-corrected chi connectivity index (χ3v) is 6.94. The van der Waals surface area contributed by atoms with Gasteiger partial charge in [0.05, 0.1) is 0 Å². The average Bonchev–Trinajstić information content (AvgIpc) is 3.26. The Morgan fingerprint density at radius 3 is 2.92 bits per heavy atom. The molecule has 2 N–H and O–H groups in total. The van der Waals surface area contributed by atoms with Gasteiger partial charge in [-0.25, -0.2) is 9.18 Å². The van der Waals surface area contributed by atoms with Crippen LogP contribution in [0.2, 0.25) is 0 Å². The molecule has 0 spiro atoms. The van der Waals surface area contributed by atoms with E-state index in [-0.39, 0.29) is 6.10 Å². The number of hydrogen-bond acceptors (Lipinski definition) is 4. The lowest BCUT2D eigenvalue weighted by molar-refractivity contribution is -0.148. The number of allylic oxidation sites excluding steroid dienone is 4. The van der Waals surface area contributed by atoms with Gasteiger partial charge in [-0.05, 0) is 66.6 Å². The molecular weight excluding hydrogens is 319 g/mol. The molecule has 0 aromatic carbocycles. The summed E-state index contributed by atoms with van der Waals surface area (Å²) in [7, 11) is 0. The molecule has 1 heterocycles. The van der Waals surface area contributed by atoms with E-state index in [9.17, 15) is 9.18 Å². The van der Waals surface area contributed by atoms with Gasteiger partial charge >= 0.3 is 5.97 Å². The lowest BCUT2D eigenvalue weighted by atomic mass is 9.62. The van der Waals surface area contributed by atoms with E-state index in [2.05, 4.69) is 29.1 Å². The number of hydrazine groups is 1. The predicted octanol–water partition coefficient (Wildman–Crippen LogP) is 2.59. The van der Waals surface area contributed by atoms with Crippen LogP contribution in [0.1, 0.15) is 32.1 Å². The summed E-state index contributed by atoms with van der Waals surface area (Å²) in [5.74, 6) is 1.56. The number of esters is 1. The Bertz CT molecular complexity index is 683. The molecule has 25 heavy (non-hydrogen) atoms. The summed E-state index contributed by atoms with van der Waals surface area (Å²) in [5, 5.41) is 0. The molecule has 3 fully saturated rings. The van der Waals surface area contributed by atoms with Gasteiger partial charge in [0.15, 0.2) is 6.67 Å². The first-order valence-corrected chi connectivity index (χ1v) is 9.62. The summed E-state index contributed by atoms with van der Waals surface area (Å²) in [5.41, 5.74) is 11.0. The van der Waals surface area contributed by atoms with Gasteiger partial charge in [0, 0.05) is 18.5 Å². The fraction of sp³-hybridized carbons (Fsp3) is 0.650. The Balaban J connectivity index is 1.44. The Hall–Kier alpha value is -1.46. The van der Waals surface area contributed by atoms with E-state index < -0.39 is 12.6 Å². The summed E-state index contributed by atoms with van der Waals surface area (Å²) < 4.78 is 17.8. The summed E-state index contributed by atoms with van der Waals surface area (Å²) >= 11 is 0. The first-order chi connectivity index (χ1) is 12.2. The Morgan fingerprint density at radius 1 is 1.16 bits per heavy atom. The molecule has 6 unspecified atom stereocenters. The van der Waals surface area contributed by atoms with Crippen LogP contribution in [0.4, 0.5) is 4.39 Å². The molecular formula is C20H25FN2O2. The lowest BCUT2D eigenvalue weighted by Gasteiger charge is -2.43. The third kappa shape index (κ3) is 2.51. The number of rotatable bonds is 2. The van der Waals surface area contributed by atoms with Gasteiger partial charge in [-0.2, -0.15) is 0 Å². The summed E-state index contributed by atoms with van der Waals surface area (Å²) in [6.45, 7) is -0.0111. The zero-order chi connectivity index (χ0) is 17.0. The molecule has 0 radical (unpaired) electrons. The number of halogens is 1. The van der Waals surface area contributed by atoms with Crippen molar-refractivity contribution in [1.82, 2.24) is 10.9 Å². The predicted molar refractivity (Wildman–Crippen MR) is 92.1 cm³/mol. The van der Waals surface area contributed by atoms with E-state index >= 15 is 0 Å². The molecule has 0 amide bonds. The van der Waals surface area contributed by atoms with Crippen molar-refractivity contribution >= 4 is 5.97 Å². The van der Waals surface area contributed by atoms with Gasteiger partial charge in [0.25, 0.3) is 0 Å². The Morgan fingerprint density at radius 2 is 2.04 bits per heavy atom. The van der Waals surface area contributed by atoms with E-state index in [0.29, 0.717) is 29.7 Å². The fourth-order valence-corrected chi connectivity index (χ4v) is 5.83. The number of carbonyl (C=O) groups excluding carboxylic acids is 1. The molecule has 4 aliphatic carbocycles. The molecule has 1 aliphatic heterocycles. The number of alkyl halides is 1. The van der Waals surface area contributed by atoms with Crippen molar-refractivity contribution < 1.29 is 13.9 Å². The van der Waals surface area contributed by atoms with Crippen molar-refractivity contribution in [2.45, 2.75) is 44.2 Å². The topological polar surface area (TPSA) is 50.4 Å². The Kier molecular flexibility index (Phi) is 3.82. The summed E-state index contributed by atoms with van der Waals surface area (Å²) in [6.07, 6.45) is 12.3. The highest BCUT2D eigenvalue weighted by molar-refractivity contribution is 5.71. The Labute approximate surface area is 147 Å². The number of nitrogens with one attached hydrogen (secondary N) is 2. The molecule has 1 saturated heterocycles. The highest BCUT2D eigenvalue weighted by atomic mass is 19.1. The minimum absolute atomic E-state index is 0.211. The van der Waals surface area contributed by atoms with Crippen molar-refractivity contribution in [3.8, 4) is 0 Å². The van der Waals surface area contributed by atoms with Gasteiger partial charge in [-0.15, -0.1) is 0 Å². The van der Waals surface area contributed by atoms with E-state index in [1.807, 2.05) is 0 Å². The minimum Gasteiger partial charge on any atom is -0.456 e. The third-order valence-electron chi connectivity index (χ3n) is 6.94. The number of ether oxygens (including phenoxy) is 1. The smallest absolute Gasteiger partial charge is 0.338 e. The van der Waals surface area contributed by atoms with E-state index in [1.165, 1.54) is 30.4 Å². The average molecular weight is 344 g/mol.